The fourth-order valence-corrected chi connectivity index (χ4v) is 6.70. The first kappa shape index (κ1) is 20.0. The molecule has 0 bridgehead atoms. The third kappa shape index (κ3) is 2.77. The lowest BCUT2D eigenvalue weighted by Crippen LogP contribution is -2.32. The number of anilines is 1. The molecule has 34 heavy (non-hydrogen) atoms. The summed E-state index contributed by atoms with van der Waals surface area (Å²) in [4.78, 5) is 16.2. The number of rotatable bonds is 4. The molecule has 0 radical (unpaired) electrons. The van der Waals surface area contributed by atoms with Crippen molar-refractivity contribution in [3.05, 3.63) is 65.6 Å². The van der Waals surface area contributed by atoms with Gasteiger partial charge >= 0.3 is 0 Å². The second kappa shape index (κ2) is 7.28. The maximum Gasteiger partial charge on any atom is 0.177 e. The Kier molecular flexibility index (Phi) is 4.28. The van der Waals surface area contributed by atoms with Crippen molar-refractivity contribution in [1.29, 1.82) is 0 Å². The van der Waals surface area contributed by atoms with E-state index in [2.05, 4.69) is 26.1 Å². The standard InChI is InChI=1S/C25H22FN7S/c26-18-4-2-1-3-16(18)25(12-27)15-7-8-33(11-17(15)25)21-10-28-23-22(31-32-24(23)30-21)14-5-6-19-20(9-14)34-13-29-19/h1-6,9-10,13,15,17H,7-8,11-12,27H2,(H,30,31,32)/t15-,17+,25-/m1/s1. The van der Waals surface area contributed by atoms with Gasteiger partial charge in [0.1, 0.15) is 22.8 Å². The maximum atomic E-state index is 14.7. The Morgan fingerprint density at radius 1 is 1.18 bits per heavy atom. The predicted molar refractivity (Wildman–Crippen MR) is 131 cm³/mol. The van der Waals surface area contributed by atoms with Gasteiger partial charge in [-0.2, -0.15) is 5.10 Å². The van der Waals surface area contributed by atoms with Crippen molar-refractivity contribution >= 4 is 38.5 Å². The second-order valence-electron chi connectivity index (χ2n) is 9.20. The third-order valence-electron chi connectivity index (χ3n) is 7.73. The summed E-state index contributed by atoms with van der Waals surface area (Å²) in [6.07, 6.45) is 2.78. The molecule has 7 rings (SSSR count). The number of hydrogen-bond donors (Lipinski definition) is 2. The predicted octanol–water partition coefficient (Wildman–Crippen LogP) is 4.12. The van der Waals surface area contributed by atoms with Crippen molar-refractivity contribution < 1.29 is 4.39 Å². The summed E-state index contributed by atoms with van der Waals surface area (Å²) in [6.45, 7) is 2.09. The first-order valence-corrected chi connectivity index (χ1v) is 12.3. The van der Waals surface area contributed by atoms with Crippen LogP contribution < -0.4 is 10.6 Å². The van der Waals surface area contributed by atoms with Crippen molar-refractivity contribution in [2.75, 3.05) is 24.5 Å². The molecule has 2 fully saturated rings. The number of benzene rings is 2. The second-order valence-corrected chi connectivity index (χ2v) is 10.1. The van der Waals surface area contributed by atoms with E-state index < -0.39 is 0 Å². The van der Waals surface area contributed by atoms with Crippen LogP contribution in [0, 0.1) is 17.7 Å². The van der Waals surface area contributed by atoms with E-state index in [1.54, 1.807) is 17.4 Å². The summed E-state index contributed by atoms with van der Waals surface area (Å²) < 4.78 is 15.8. The van der Waals surface area contributed by atoms with Gasteiger partial charge in [0.05, 0.1) is 21.9 Å². The molecular formula is C25H22FN7S. The van der Waals surface area contributed by atoms with Crippen LogP contribution in [0.15, 0.2) is 54.2 Å². The number of hydrogen-bond acceptors (Lipinski definition) is 7. The molecule has 5 aromatic rings. The first-order valence-electron chi connectivity index (χ1n) is 11.4. The summed E-state index contributed by atoms with van der Waals surface area (Å²) in [7, 11) is 0. The summed E-state index contributed by atoms with van der Waals surface area (Å²) in [5.41, 5.74) is 12.7. The van der Waals surface area contributed by atoms with Crippen molar-refractivity contribution in [3.8, 4) is 11.3 Å². The topological polar surface area (TPSA) is 96.6 Å². The zero-order valence-electron chi connectivity index (χ0n) is 18.3. The van der Waals surface area contributed by atoms with Crippen molar-refractivity contribution in [3.63, 3.8) is 0 Å². The summed E-state index contributed by atoms with van der Waals surface area (Å²) >= 11 is 1.61. The zero-order valence-corrected chi connectivity index (χ0v) is 19.1. The molecule has 1 aliphatic heterocycles. The molecule has 3 N–H and O–H groups in total. The Hall–Kier alpha value is -3.43. The van der Waals surface area contributed by atoms with Crippen molar-refractivity contribution in [1.82, 2.24) is 25.1 Å². The molecule has 7 nitrogen and oxygen atoms in total. The monoisotopic (exact) mass is 471 g/mol. The number of fused-ring (bicyclic) bond motifs is 3. The van der Waals surface area contributed by atoms with Crippen LogP contribution in [0.4, 0.5) is 10.2 Å². The Morgan fingerprint density at radius 3 is 2.97 bits per heavy atom. The van der Waals surface area contributed by atoms with Crippen LogP contribution in [0.1, 0.15) is 12.0 Å². The average Bonchev–Trinajstić information content (AvgIpc) is 3.17. The number of H-pyrrole nitrogens is 1. The average molecular weight is 472 g/mol. The normalized spacial score (nSPS) is 24.0. The number of halogens is 1. The lowest BCUT2D eigenvalue weighted by molar-refractivity contribution is 0.533. The number of nitrogens with one attached hydrogen (secondary N) is 1. The minimum Gasteiger partial charge on any atom is -0.355 e. The van der Waals surface area contributed by atoms with Gasteiger partial charge in [0.25, 0.3) is 0 Å². The van der Waals surface area contributed by atoms with Crippen LogP contribution in [0.5, 0.6) is 0 Å². The highest BCUT2D eigenvalue weighted by molar-refractivity contribution is 7.16. The van der Waals surface area contributed by atoms with Crippen LogP contribution in [0.2, 0.25) is 0 Å². The molecule has 1 saturated carbocycles. The lowest BCUT2D eigenvalue weighted by atomic mass is 9.91. The smallest absolute Gasteiger partial charge is 0.177 e. The minimum absolute atomic E-state index is 0.156. The van der Waals surface area contributed by atoms with Crippen LogP contribution in [0.3, 0.4) is 0 Å². The number of aromatic nitrogens is 5. The Morgan fingerprint density at radius 2 is 2.09 bits per heavy atom. The molecule has 0 amide bonds. The molecule has 4 heterocycles. The van der Waals surface area contributed by atoms with Crippen molar-refractivity contribution in [2.24, 2.45) is 17.6 Å². The van der Waals surface area contributed by atoms with E-state index in [1.807, 2.05) is 36.0 Å². The molecule has 0 unspecified atom stereocenters. The summed E-state index contributed by atoms with van der Waals surface area (Å²) in [5.74, 6) is 1.37. The first-order chi connectivity index (χ1) is 16.7. The zero-order chi connectivity index (χ0) is 22.9. The molecule has 170 valence electrons. The van der Waals surface area contributed by atoms with Crippen LogP contribution >= 0.6 is 11.3 Å². The number of nitrogens with zero attached hydrogens (tertiary/aromatic N) is 5. The van der Waals surface area contributed by atoms with E-state index in [-0.39, 0.29) is 11.2 Å². The Balaban J connectivity index is 1.18. The van der Waals surface area contributed by atoms with E-state index in [1.165, 1.54) is 6.07 Å². The molecule has 0 spiro atoms. The fraction of sp³-hybridized carbons (Fsp3) is 0.280. The van der Waals surface area contributed by atoms with Gasteiger partial charge in [-0.25, -0.2) is 19.3 Å². The van der Waals surface area contributed by atoms with E-state index in [0.717, 1.165) is 57.9 Å². The SMILES string of the molecule is NC[C@]1(c2ccccc2F)[C@@H]2CCN(c3cnc4c(-c5ccc6ncsc6c5)n[nH]c4n3)C[C@@H]21. The fourth-order valence-electron chi connectivity index (χ4n) is 5.98. The van der Waals surface area contributed by atoms with Gasteiger partial charge < -0.3 is 10.6 Å². The summed E-state index contributed by atoms with van der Waals surface area (Å²) in [6, 6.07) is 13.2. The third-order valence-corrected chi connectivity index (χ3v) is 8.52. The van der Waals surface area contributed by atoms with Gasteiger partial charge in [-0.3, -0.25) is 5.10 Å². The molecule has 3 aromatic heterocycles. The van der Waals surface area contributed by atoms with Gasteiger partial charge in [0.15, 0.2) is 5.65 Å². The maximum absolute atomic E-state index is 14.7. The van der Waals surface area contributed by atoms with Crippen LogP contribution in [0.25, 0.3) is 32.6 Å². The van der Waals surface area contributed by atoms with Gasteiger partial charge in [0.2, 0.25) is 0 Å². The van der Waals surface area contributed by atoms with Crippen molar-refractivity contribution in [2.45, 2.75) is 11.8 Å². The van der Waals surface area contributed by atoms with E-state index in [0.29, 0.717) is 24.0 Å². The van der Waals surface area contributed by atoms with Gasteiger partial charge in [0, 0.05) is 30.6 Å². The quantitative estimate of drug-likeness (QED) is 0.409. The van der Waals surface area contributed by atoms with Gasteiger partial charge in [-0.15, -0.1) is 11.3 Å². The highest BCUT2D eigenvalue weighted by Gasteiger charge is 2.66. The molecule has 2 aliphatic rings. The highest BCUT2D eigenvalue weighted by Crippen LogP contribution is 2.63. The lowest BCUT2D eigenvalue weighted by Gasteiger charge is -2.26. The number of aromatic amines is 1. The summed E-state index contributed by atoms with van der Waals surface area (Å²) in [5, 5.41) is 7.57. The van der Waals surface area contributed by atoms with E-state index >= 15 is 0 Å². The van der Waals surface area contributed by atoms with Gasteiger partial charge in [-0.05, 0) is 42.0 Å². The van der Waals surface area contributed by atoms with Crippen LogP contribution in [-0.2, 0) is 5.41 Å². The minimum atomic E-state index is -0.284. The number of thiazole rings is 1. The molecule has 3 atom stereocenters. The van der Waals surface area contributed by atoms with E-state index in [9.17, 15) is 4.39 Å². The highest BCUT2D eigenvalue weighted by atomic mass is 32.1. The Bertz CT molecular complexity index is 1540. The number of nitrogens with two attached hydrogens (primary N) is 1. The molecule has 9 heteroatoms. The molecular weight excluding hydrogens is 449 g/mol. The van der Waals surface area contributed by atoms with Gasteiger partial charge in [-0.1, -0.05) is 24.3 Å². The molecule has 1 aliphatic carbocycles. The molecule has 2 aromatic carbocycles. The largest absolute Gasteiger partial charge is 0.355 e. The molecule has 1 saturated heterocycles. The van der Waals surface area contributed by atoms with Crippen LogP contribution in [-0.4, -0.2) is 44.8 Å². The Labute approximate surface area is 198 Å². The van der Waals surface area contributed by atoms with E-state index in [4.69, 9.17) is 15.7 Å². The number of piperidine rings is 1.